The highest BCUT2D eigenvalue weighted by Crippen LogP contribution is 2.34. The van der Waals surface area contributed by atoms with Crippen LogP contribution in [0.2, 0.25) is 0 Å². The molecule has 1 aliphatic rings. The van der Waals surface area contributed by atoms with Crippen molar-refractivity contribution in [3.63, 3.8) is 0 Å². The number of hydrogen-bond donors (Lipinski definition) is 0. The van der Waals surface area contributed by atoms with E-state index >= 15 is 0 Å². The molecule has 0 spiro atoms. The van der Waals surface area contributed by atoms with Crippen LogP contribution in [0.15, 0.2) is 54.6 Å². The summed E-state index contributed by atoms with van der Waals surface area (Å²) in [5.41, 5.74) is 0.799. The zero-order chi connectivity index (χ0) is 25.1. The van der Waals surface area contributed by atoms with Crippen molar-refractivity contribution < 1.29 is 24.0 Å². The Labute approximate surface area is 203 Å². The molecule has 3 aromatic carbocycles. The number of nitro groups is 1. The zero-order valence-corrected chi connectivity index (χ0v) is 20.0. The lowest BCUT2D eigenvalue weighted by Gasteiger charge is -2.36. The average molecular weight is 477 g/mol. The molecule has 8 heteroatoms. The molecule has 0 bridgehead atoms. The summed E-state index contributed by atoms with van der Waals surface area (Å²) in [5.74, 6) is 0.421. The number of hydrogen-bond acceptors (Lipinski definition) is 7. The number of ether oxygens (including phenoxy) is 2. The number of esters is 1. The predicted molar refractivity (Wildman–Crippen MR) is 133 cm³/mol. The maximum atomic E-state index is 12.6. The Morgan fingerprint density at radius 3 is 2.31 bits per heavy atom. The number of methoxy groups -OCH3 is 1. The van der Waals surface area contributed by atoms with Crippen LogP contribution in [-0.4, -0.2) is 43.5 Å². The Morgan fingerprint density at radius 2 is 1.63 bits per heavy atom. The van der Waals surface area contributed by atoms with Crippen molar-refractivity contribution in [3.05, 3.63) is 75.8 Å². The Hall–Kier alpha value is -3.94. The van der Waals surface area contributed by atoms with Gasteiger partial charge < -0.3 is 14.4 Å². The van der Waals surface area contributed by atoms with Crippen LogP contribution in [0, 0.1) is 22.0 Å². The number of Topliss-reactive ketones (excluding diaryl/α,β-unsaturated/α-hetero) is 1. The number of rotatable bonds is 7. The summed E-state index contributed by atoms with van der Waals surface area (Å²) in [5, 5.41) is 13.5. The van der Waals surface area contributed by atoms with Gasteiger partial charge in [0.05, 0.1) is 17.6 Å². The molecule has 0 saturated carbocycles. The molecule has 1 fully saturated rings. The molecule has 0 aromatic heterocycles. The fourth-order valence-corrected chi connectivity index (χ4v) is 4.75. The second-order valence-corrected chi connectivity index (χ2v) is 9.24. The minimum atomic E-state index is -0.779. The first-order chi connectivity index (χ1) is 16.7. The van der Waals surface area contributed by atoms with E-state index in [0.29, 0.717) is 23.1 Å². The minimum absolute atomic E-state index is 0.0389. The third-order valence-electron chi connectivity index (χ3n) is 6.32. The smallest absolute Gasteiger partial charge is 0.338 e. The van der Waals surface area contributed by atoms with Crippen molar-refractivity contribution in [2.75, 3.05) is 31.7 Å². The van der Waals surface area contributed by atoms with Gasteiger partial charge in [-0.3, -0.25) is 14.9 Å². The molecular weight excluding hydrogens is 448 g/mol. The molecule has 0 N–H and O–H groups in total. The van der Waals surface area contributed by atoms with Gasteiger partial charge in [0.15, 0.2) is 12.4 Å². The van der Waals surface area contributed by atoms with E-state index in [-0.39, 0.29) is 17.0 Å². The van der Waals surface area contributed by atoms with Crippen molar-refractivity contribution in [1.29, 1.82) is 0 Å². The Bertz CT molecular complexity index is 1280. The fraction of sp³-hybridized carbons (Fsp3) is 0.333. The van der Waals surface area contributed by atoms with Gasteiger partial charge in [-0.25, -0.2) is 4.79 Å². The Balaban J connectivity index is 1.46. The van der Waals surface area contributed by atoms with Gasteiger partial charge >= 0.3 is 5.97 Å². The minimum Gasteiger partial charge on any atom is -0.497 e. The SMILES string of the molecule is COc1ccc2cc(C(=O)COC(=O)c3ccc(N4CC(C)CC(C)C4)c([N+](=O)[O-])c3)ccc2c1. The zero-order valence-electron chi connectivity index (χ0n) is 20.0. The van der Waals surface area contributed by atoms with Crippen molar-refractivity contribution in [2.24, 2.45) is 11.8 Å². The van der Waals surface area contributed by atoms with Gasteiger partial charge in [0.2, 0.25) is 0 Å². The van der Waals surface area contributed by atoms with Gasteiger partial charge in [0.1, 0.15) is 11.4 Å². The molecule has 0 aliphatic carbocycles. The van der Waals surface area contributed by atoms with Crippen LogP contribution in [0.5, 0.6) is 5.75 Å². The van der Waals surface area contributed by atoms with Crippen LogP contribution in [0.25, 0.3) is 10.8 Å². The van der Waals surface area contributed by atoms with Gasteiger partial charge in [-0.1, -0.05) is 32.0 Å². The molecule has 35 heavy (non-hydrogen) atoms. The molecule has 1 aliphatic heterocycles. The summed E-state index contributed by atoms with van der Waals surface area (Å²) in [4.78, 5) is 38.5. The molecule has 2 atom stereocenters. The lowest BCUT2D eigenvalue weighted by molar-refractivity contribution is -0.384. The molecule has 4 rings (SSSR count). The van der Waals surface area contributed by atoms with Crippen LogP contribution < -0.4 is 9.64 Å². The van der Waals surface area contributed by atoms with Crippen molar-refractivity contribution >= 4 is 33.9 Å². The monoisotopic (exact) mass is 476 g/mol. The third kappa shape index (κ3) is 5.42. The van der Waals surface area contributed by atoms with Crippen LogP contribution >= 0.6 is 0 Å². The first-order valence-corrected chi connectivity index (χ1v) is 11.6. The number of carbonyl (C=O) groups is 2. The highest BCUT2D eigenvalue weighted by molar-refractivity contribution is 6.02. The number of ketones is 1. The van der Waals surface area contributed by atoms with E-state index in [0.717, 1.165) is 36.0 Å². The van der Waals surface area contributed by atoms with Crippen molar-refractivity contribution in [3.8, 4) is 5.75 Å². The van der Waals surface area contributed by atoms with Crippen LogP contribution in [-0.2, 0) is 4.74 Å². The summed E-state index contributed by atoms with van der Waals surface area (Å²) in [7, 11) is 1.59. The summed E-state index contributed by atoms with van der Waals surface area (Å²) in [6.45, 7) is 5.24. The van der Waals surface area contributed by atoms with E-state index in [1.54, 1.807) is 37.4 Å². The Morgan fingerprint density at radius 1 is 0.971 bits per heavy atom. The molecule has 0 amide bonds. The molecule has 3 aromatic rings. The van der Waals surface area contributed by atoms with E-state index in [1.807, 2.05) is 17.0 Å². The maximum absolute atomic E-state index is 12.6. The number of anilines is 1. The quantitative estimate of drug-likeness (QED) is 0.198. The first-order valence-electron chi connectivity index (χ1n) is 11.6. The largest absolute Gasteiger partial charge is 0.497 e. The van der Waals surface area contributed by atoms with Gasteiger partial charge in [0, 0.05) is 24.7 Å². The third-order valence-corrected chi connectivity index (χ3v) is 6.32. The van der Waals surface area contributed by atoms with Gasteiger partial charge in [-0.05, 0) is 59.4 Å². The fourth-order valence-electron chi connectivity index (χ4n) is 4.75. The lowest BCUT2D eigenvalue weighted by Crippen LogP contribution is -2.39. The summed E-state index contributed by atoms with van der Waals surface area (Å²) in [6.07, 6.45) is 1.08. The normalized spacial score (nSPS) is 17.7. The van der Waals surface area contributed by atoms with Gasteiger partial charge in [0.25, 0.3) is 5.69 Å². The number of fused-ring (bicyclic) bond motifs is 1. The predicted octanol–water partition coefficient (Wildman–Crippen LogP) is 5.28. The van der Waals surface area contributed by atoms with Crippen LogP contribution in [0.3, 0.4) is 0 Å². The lowest BCUT2D eigenvalue weighted by atomic mass is 9.91. The van der Waals surface area contributed by atoms with Crippen LogP contribution in [0.1, 0.15) is 41.0 Å². The highest BCUT2D eigenvalue weighted by atomic mass is 16.6. The first kappa shape index (κ1) is 24.2. The summed E-state index contributed by atoms with van der Waals surface area (Å²) >= 11 is 0. The molecule has 182 valence electrons. The molecule has 0 radical (unpaired) electrons. The number of carbonyl (C=O) groups excluding carboxylic acids is 2. The Kier molecular flexibility index (Phi) is 7.00. The molecule has 2 unspecified atom stereocenters. The van der Waals surface area contributed by atoms with E-state index in [4.69, 9.17) is 9.47 Å². The van der Waals surface area contributed by atoms with Crippen molar-refractivity contribution in [2.45, 2.75) is 20.3 Å². The molecule has 1 heterocycles. The summed E-state index contributed by atoms with van der Waals surface area (Å²) in [6, 6.07) is 15.1. The second-order valence-electron chi connectivity index (χ2n) is 9.24. The highest BCUT2D eigenvalue weighted by Gasteiger charge is 2.28. The molecule has 8 nitrogen and oxygen atoms in total. The van der Waals surface area contributed by atoms with Crippen molar-refractivity contribution in [1.82, 2.24) is 0 Å². The van der Waals surface area contributed by atoms with Gasteiger partial charge in [-0.2, -0.15) is 0 Å². The van der Waals surface area contributed by atoms with E-state index in [2.05, 4.69) is 13.8 Å². The van der Waals surface area contributed by atoms with Crippen LogP contribution in [0.4, 0.5) is 11.4 Å². The average Bonchev–Trinajstić information content (AvgIpc) is 2.85. The van der Waals surface area contributed by atoms with E-state index in [1.165, 1.54) is 12.1 Å². The maximum Gasteiger partial charge on any atom is 0.338 e. The topological polar surface area (TPSA) is 99.0 Å². The number of benzene rings is 3. The molecule has 1 saturated heterocycles. The van der Waals surface area contributed by atoms with Gasteiger partial charge in [-0.15, -0.1) is 0 Å². The molecular formula is C27H28N2O6. The standard InChI is InChI=1S/C27H28N2O6/c1-17-10-18(2)15-28(14-17)24-9-7-22(13-25(24)29(32)33)27(31)35-16-26(30)21-5-4-20-12-23(34-3)8-6-19(20)11-21/h4-9,11-13,17-18H,10,14-16H2,1-3H3. The number of piperidine rings is 1. The number of nitrogens with zero attached hydrogens (tertiary/aromatic N) is 2. The van der Waals surface area contributed by atoms with E-state index in [9.17, 15) is 19.7 Å². The van der Waals surface area contributed by atoms with E-state index < -0.39 is 17.5 Å². The summed E-state index contributed by atoms with van der Waals surface area (Å²) < 4.78 is 10.4. The second kappa shape index (κ2) is 10.1. The number of nitro benzene ring substituents is 1.